The number of amides is 1. The smallest absolute Gasteiger partial charge is 0.231 e. The maximum Gasteiger partial charge on any atom is 0.231 e. The molecule has 0 fully saturated rings. The van der Waals surface area contributed by atoms with E-state index in [2.05, 4.69) is 5.32 Å². The molecule has 0 saturated carbocycles. The van der Waals surface area contributed by atoms with Gasteiger partial charge in [-0.1, -0.05) is 36.4 Å². The molecule has 0 radical (unpaired) electrons. The van der Waals surface area contributed by atoms with Gasteiger partial charge in [-0.25, -0.2) is 0 Å². The van der Waals surface area contributed by atoms with Crippen LogP contribution in [0.4, 0.5) is 0 Å². The highest BCUT2D eigenvalue weighted by molar-refractivity contribution is 7.10. The van der Waals surface area contributed by atoms with Crippen LogP contribution >= 0.6 is 11.3 Å². The van der Waals surface area contributed by atoms with E-state index in [0.29, 0.717) is 6.42 Å². The van der Waals surface area contributed by atoms with Gasteiger partial charge in [0.15, 0.2) is 0 Å². The molecule has 0 saturated heterocycles. The number of benzene rings is 1. The van der Waals surface area contributed by atoms with Crippen molar-refractivity contribution in [2.45, 2.75) is 44.8 Å². The van der Waals surface area contributed by atoms with E-state index in [1.165, 1.54) is 0 Å². The lowest BCUT2D eigenvalue weighted by Crippen LogP contribution is -2.48. The number of carbonyl (C=O) groups is 1. The third-order valence-corrected chi connectivity index (χ3v) is 5.12. The second kappa shape index (κ2) is 7.07. The molecule has 1 amide bonds. The Morgan fingerprint density at radius 1 is 1.23 bits per heavy atom. The molecule has 4 heteroatoms. The van der Waals surface area contributed by atoms with E-state index in [1.807, 2.05) is 68.6 Å². The fourth-order valence-corrected chi connectivity index (χ4v) is 3.11. The van der Waals surface area contributed by atoms with Crippen LogP contribution in [0, 0.1) is 0 Å². The van der Waals surface area contributed by atoms with Crippen LogP contribution in [0.5, 0.6) is 0 Å². The van der Waals surface area contributed by atoms with Gasteiger partial charge in [0.05, 0.1) is 17.6 Å². The second-order valence-corrected chi connectivity index (χ2v) is 7.07. The Labute approximate surface area is 136 Å². The van der Waals surface area contributed by atoms with E-state index in [4.69, 9.17) is 0 Å². The van der Waals surface area contributed by atoms with Crippen molar-refractivity contribution in [1.82, 2.24) is 5.32 Å². The highest BCUT2D eigenvalue weighted by Crippen LogP contribution is 2.27. The Morgan fingerprint density at radius 3 is 2.50 bits per heavy atom. The first-order valence-electron chi connectivity index (χ1n) is 7.48. The first-order valence-corrected chi connectivity index (χ1v) is 8.36. The summed E-state index contributed by atoms with van der Waals surface area (Å²) in [5.41, 5.74) is 0.475. The Morgan fingerprint density at radius 2 is 1.91 bits per heavy atom. The van der Waals surface area contributed by atoms with E-state index < -0.39 is 11.5 Å². The number of thiophene rings is 1. The van der Waals surface area contributed by atoms with E-state index in [9.17, 15) is 9.90 Å². The highest BCUT2D eigenvalue weighted by Gasteiger charge is 2.32. The van der Waals surface area contributed by atoms with Crippen LogP contribution in [0.3, 0.4) is 0 Å². The lowest BCUT2D eigenvalue weighted by atomic mass is 9.89. The minimum Gasteiger partial charge on any atom is -0.391 e. The van der Waals surface area contributed by atoms with E-state index in [0.717, 1.165) is 10.4 Å². The van der Waals surface area contributed by atoms with Gasteiger partial charge in [0, 0.05) is 11.3 Å². The molecule has 0 bridgehead atoms. The van der Waals surface area contributed by atoms with Crippen molar-refractivity contribution in [3.05, 3.63) is 58.3 Å². The molecular formula is C18H23NO2S. The maximum atomic E-state index is 12.5. The third-order valence-electron chi connectivity index (χ3n) is 3.93. The van der Waals surface area contributed by atoms with Crippen LogP contribution in [-0.4, -0.2) is 23.2 Å². The molecule has 1 aromatic heterocycles. The fourth-order valence-electron chi connectivity index (χ4n) is 2.26. The SMILES string of the molecule is CC(NC(=O)C(C)(C)c1cccs1)C(O)Cc1ccccc1. The largest absolute Gasteiger partial charge is 0.391 e. The van der Waals surface area contributed by atoms with Crippen molar-refractivity contribution < 1.29 is 9.90 Å². The summed E-state index contributed by atoms with van der Waals surface area (Å²) in [5, 5.41) is 15.2. The number of rotatable bonds is 6. The van der Waals surface area contributed by atoms with Crippen molar-refractivity contribution in [2.24, 2.45) is 0 Å². The molecule has 3 nitrogen and oxygen atoms in total. The summed E-state index contributed by atoms with van der Waals surface area (Å²) in [7, 11) is 0. The lowest BCUT2D eigenvalue weighted by Gasteiger charge is -2.27. The second-order valence-electron chi connectivity index (χ2n) is 6.12. The topological polar surface area (TPSA) is 49.3 Å². The summed E-state index contributed by atoms with van der Waals surface area (Å²) in [5.74, 6) is -0.0606. The molecule has 1 heterocycles. The van der Waals surface area contributed by atoms with Gasteiger partial charge >= 0.3 is 0 Å². The minimum absolute atomic E-state index is 0.0606. The van der Waals surface area contributed by atoms with Gasteiger partial charge in [-0.3, -0.25) is 4.79 Å². The monoisotopic (exact) mass is 317 g/mol. The molecule has 118 valence electrons. The Kier molecular flexibility index (Phi) is 5.37. The Bertz CT molecular complexity index is 593. The Hall–Kier alpha value is -1.65. The zero-order chi connectivity index (χ0) is 16.2. The number of hydrogen-bond donors (Lipinski definition) is 2. The average molecular weight is 317 g/mol. The van der Waals surface area contributed by atoms with Crippen molar-refractivity contribution in [3.63, 3.8) is 0 Å². The molecule has 0 spiro atoms. The summed E-state index contributed by atoms with van der Waals surface area (Å²) < 4.78 is 0. The summed E-state index contributed by atoms with van der Waals surface area (Å²) in [6.07, 6.45) is -0.0766. The van der Waals surface area contributed by atoms with Gasteiger partial charge in [-0.15, -0.1) is 11.3 Å². The van der Waals surface area contributed by atoms with Crippen LogP contribution in [-0.2, 0) is 16.6 Å². The van der Waals surface area contributed by atoms with Gasteiger partial charge in [-0.2, -0.15) is 0 Å². The molecule has 0 aliphatic heterocycles. The van der Waals surface area contributed by atoms with Crippen LogP contribution in [0.15, 0.2) is 47.8 Å². The van der Waals surface area contributed by atoms with Crippen LogP contribution in [0.25, 0.3) is 0 Å². The molecule has 22 heavy (non-hydrogen) atoms. The quantitative estimate of drug-likeness (QED) is 0.860. The highest BCUT2D eigenvalue weighted by atomic mass is 32.1. The van der Waals surface area contributed by atoms with Crippen LogP contribution in [0.1, 0.15) is 31.2 Å². The number of nitrogens with one attached hydrogen (secondary N) is 1. The number of hydrogen-bond acceptors (Lipinski definition) is 3. The lowest BCUT2D eigenvalue weighted by molar-refractivity contribution is -0.127. The molecule has 2 N–H and O–H groups in total. The predicted octanol–water partition coefficient (Wildman–Crippen LogP) is 3.13. The molecule has 0 aliphatic carbocycles. The third kappa shape index (κ3) is 3.96. The van der Waals surface area contributed by atoms with E-state index in [-0.39, 0.29) is 11.9 Å². The maximum absolute atomic E-state index is 12.5. The number of aliphatic hydroxyl groups is 1. The van der Waals surface area contributed by atoms with Crippen molar-refractivity contribution in [3.8, 4) is 0 Å². The van der Waals surface area contributed by atoms with Gasteiger partial charge in [-0.05, 0) is 37.8 Å². The molecule has 2 unspecified atom stereocenters. The van der Waals surface area contributed by atoms with Crippen molar-refractivity contribution >= 4 is 17.2 Å². The predicted molar refractivity (Wildman–Crippen MR) is 91.1 cm³/mol. The molecular weight excluding hydrogens is 294 g/mol. The van der Waals surface area contributed by atoms with Gasteiger partial charge in [0.1, 0.15) is 0 Å². The zero-order valence-corrected chi connectivity index (χ0v) is 14.1. The minimum atomic E-state index is -0.606. The fraction of sp³-hybridized carbons (Fsp3) is 0.389. The number of carbonyl (C=O) groups excluding carboxylic acids is 1. The molecule has 1 aromatic carbocycles. The van der Waals surface area contributed by atoms with Crippen molar-refractivity contribution in [1.29, 1.82) is 0 Å². The van der Waals surface area contributed by atoms with Crippen LogP contribution in [0.2, 0.25) is 0 Å². The van der Waals surface area contributed by atoms with Gasteiger partial charge in [0.25, 0.3) is 0 Å². The van der Waals surface area contributed by atoms with E-state index in [1.54, 1.807) is 11.3 Å². The van der Waals surface area contributed by atoms with E-state index >= 15 is 0 Å². The van der Waals surface area contributed by atoms with Gasteiger partial charge < -0.3 is 10.4 Å². The van der Waals surface area contributed by atoms with Gasteiger partial charge in [0.2, 0.25) is 5.91 Å². The summed E-state index contributed by atoms with van der Waals surface area (Å²) in [6.45, 7) is 5.66. The summed E-state index contributed by atoms with van der Waals surface area (Å²) >= 11 is 1.57. The first kappa shape index (κ1) is 16.7. The molecule has 0 aliphatic rings. The standard InChI is InChI=1S/C18H23NO2S/c1-13(15(20)12-14-8-5-4-6-9-14)19-17(21)18(2,3)16-10-7-11-22-16/h4-11,13,15,20H,12H2,1-3H3,(H,19,21). The summed E-state index contributed by atoms with van der Waals surface area (Å²) in [6, 6.07) is 13.4. The molecule has 2 aromatic rings. The number of aliphatic hydroxyl groups excluding tert-OH is 1. The average Bonchev–Trinajstić information content (AvgIpc) is 3.03. The zero-order valence-electron chi connectivity index (χ0n) is 13.2. The normalized spacial score (nSPS) is 14.4. The summed E-state index contributed by atoms with van der Waals surface area (Å²) in [4.78, 5) is 13.5. The Balaban J connectivity index is 1.96. The molecule has 2 atom stereocenters. The first-order chi connectivity index (χ1) is 10.4. The molecule has 2 rings (SSSR count). The van der Waals surface area contributed by atoms with Crippen LogP contribution < -0.4 is 5.32 Å². The van der Waals surface area contributed by atoms with Crippen molar-refractivity contribution in [2.75, 3.05) is 0 Å².